The molecule has 0 aliphatic carbocycles. The maximum absolute atomic E-state index is 12.8. The maximum atomic E-state index is 12.8. The van der Waals surface area contributed by atoms with E-state index in [9.17, 15) is 18.0 Å². The van der Waals surface area contributed by atoms with Crippen molar-refractivity contribution in [3.05, 3.63) is 52.9 Å². The van der Waals surface area contributed by atoms with Gasteiger partial charge in [-0.05, 0) is 43.2 Å². The molecule has 1 saturated heterocycles. The van der Waals surface area contributed by atoms with E-state index < -0.39 is 21.8 Å². The molecular formula is C18H19N3O6S. The molecule has 28 heavy (non-hydrogen) atoms. The van der Waals surface area contributed by atoms with Crippen LogP contribution in [0.1, 0.15) is 23.4 Å². The minimum atomic E-state index is -3.83. The molecule has 2 aromatic heterocycles. The molecule has 3 heterocycles. The summed E-state index contributed by atoms with van der Waals surface area (Å²) in [6, 6.07) is 7.05. The summed E-state index contributed by atoms with van der Waals surface area (Å²) in [5, 5.41) is 0. The number of benzene rings is 1. The van der Waals surface area contributed by atoms with Crippen molar-refractivity contribution < 1.29 is 22.0 Å². The Bertz CT molecular complexity index is 1180. The molecule has 0 radical (unpaired) electrons. The topological polar surface area (TPSA) is 115 Å². The number of nitrogens with one attached hydrogen (secondary N) is 1. The lowest BCUT2D eigenvalue weighted by Crippen LogP contribution is -2.49. The fraction of sp³-hybridized carbons (Fsp3) is 0.333. The van der Waals surface area contributed by atoms with E-state index in [-0.39, 0.29) is 23.1 Å². The first-order valence-corrected chi connectivity index (χ1v) is 10.3. The second-order valence-electron chi connectivity index (χ2n) is 6.75. The van der Waals surface area contributed by atoms with Crippen LogP contribution < -0.4 is 10.5 Å². The van der Waals surface area contributed by atoms with Crippen LogP contribution in [0.15, 0.2) is 55.1 Å². The van der Waals surface area contributed by atoms with Crippen molar-refractivity contribution in [2.45, 2.75) is 23.8 Å². The molecule has 3 aromatic rings. The minimum Gasteiger partial charge on any atom is -0.459 e. The van der Waals surface area contributed by atoms with Crippen LogP contribution in [-0.2, 0) is 17.1 Å². The van der Waals surface area contributed by atoms with Crippen LogP contribution >= 0.6 is 0 Å². The zero-order valence-electron chi connectivity index (χ0n) is 15.1. The molecule has 0 saturated carbocycles. The van der Waals surface area contributed by atoms with Gasteiger partial charge in [0.1, 0.15) is 0 Å². The number of aromatic nitrogens is 1. The summed E-state index contributed by atoms with van der Waals surface area (Å²) >= 11 is 0. The van der Waals surface area contributed by atoms with Crippen LogP contribution in [0.5, 0.6) is 0 Å². The van der Waals surface area contributed by atoms with Gasteiger partial charge in [-0.2, -0.15) is 0 Å². The summed E-state index contributed by atoms with van der Waals surface area (Å²) in [6.07, 6.45) is 2.72. The lowest BCUT2D eigenvalue weighted by atomic mass is 10.1. The molecule has 1 fully saturated rings. The van der Waals surface area contributed by atoms with Crippen LogP contribution in [0.2, 0.25) is 0 Å². The molecule has 1 unspecified atom stereocenters. The molecule has 9 nitrogen and oxygen atoms in total. The van der Waals surface area contributed by atoms with Crippen molar-refractivity contribution in [1.29, 1.82) is 0 Å². The van der Waals surface area contributed by atoms with Gasteiger partial charge in [0.15, 0.2) is 11.3 Å². The number of carbonyl (C=O) groups is 1. The second kappa shape index (κ2) is 6.95. The second-order valence-corrected chi connectivity index (χ2v) is 8.46. The first-order valence-electron chi connectivity index (χ1n) is 8.80. The fourth-order valence-corrected chi connectivity index (χ4v) is 4.66. The summed E-state index contributed by atoms with van der Waals surface area (Å²) in [5.74, 6) is -0.588. The average molecular weight is 405 g/mol. The predicted octanol–water partition coefficient (Wildman–Crippen LogP) is 1.31. The van der Waals surface area contributed by atoms with Crippen molar-refractivity contribution in [2.24, 2.45) is 7.05 Å². The standard InChI is InChI=1S/C18H19N3O6S/c1-20-14-10-13(6-7-15(14)27-18(20)23)28(24,25)19-12-4-2-8-21(11-12)17(22)16-5-3-9-26-16/h3,5-7,9-10,12,19H,2,4,8,11H2,1H3. The maximum Gasteiger partial charge on any atom is 0.419 e. The average Bonchev–Trinajstić information content (AvgIpc) is 3.30. The summed E-state index contributed by atoms with van der Waals surface area (Å²) in [4.78, 5) is 25.7. The number of hydrogen-bond acceptors (Lipinski definition) is 6. The van der Waals surface area contributed by atoms with E-state index in [1.54, 1.807) is 17.0 Å². The highest BCUT2D eigenvalue weighted by molar-refractivity contribution is 7.89. The number of nitrogens with zero attached hydrogens (tertiary/aromatic N) is 2. The van der Waals surface area contributed by atoms with Gasteiger partial charge in [-0.1, -0.05) is 0 Å². The van der Waals surface area contributed by atoms with Crippen LogP contribution in [-0.4, -0.2) is 42.9 Å². The molecule has 1 atom stereocenters. The Labute approximate surface area is 160 Å². The van der Waals surface area contributed by atoms with Crippen molar-refractivity contribution in [1.82, 2.24) is 14.2 Å². The van der Waals surface area contributed by atoms with Crippen molar-refractivity contribution in [3.63, 3.8) is 0 Å². The number of aryl methyl sites for hydroxylation is 1. The lowest BCUT2D eigenvalue weighted by Gasteiger charge is -2.32. The predicted molar refractivity (Wildman–Crippen MR) is 99.4 cm³/mol. The van der Waals surface area contributed by atoms with E-state index in [1.807, 2.05) is 0 Å². The molecule has 1 aliphatic heterocycles. The SMILES string of the molecule is Cn1c(=O)oc2ccc(S(=O)(=O)NC3CCCN(C(=O)c4ccco4)C3)cc21. The fourth-order valence-electron chi connectivity index (χ4n) is 3.37. The Kier molecular flexibility index (Phi) is 4.60. The third kappa shape index (κ3) is 3.36. The number of fused-ring (bicyclic) bond motifs is 1. The summed E-state index contributed by atoms with van der Waals surface area (Å²) < 4.78 is 39.7. The lowest BCUT2D eigenvalue weighted by molar-refractivity contribution is 0.0671. The Balaban J connectivity index is 1.53. The highest BCUT2D eigenvalue weighted by atomic mass is 32.2. The van der Waals surface area contributed by atoms with Gasteiger partial charge in [0.2, 0.25) is 10.0 Å². The first-order chi connectivity index (χ1) is 13.3. The number of hydrogen-bond donors (Lipinski definition) is 1. The van der Waals surface area contributed by atoms with E-state index in [2.05, 4.69) is 4.72 Å². The van der Waals surface area contributed by atoms with E-state index in [1.165, 1.54) is 36.1 Å². The number of sulfonamides is 1. The molecule has 148 valence electrons. The van der Waals surface area contributed by atoms with E-state index in [0.717, 1.165) is 0 Å². The Morgan fingerprint density at radius 2 is 2.11 bits per heavy atom. The molecule has 1 aliphatic rings. The quantitative estimate of drug-likeness (QED) is 0.700. The van der Waals surface area contributed by atoms with Gasteiger partial charge >= 0.3 is 5.76 Å². The molecule has 0 spiro atoms. The number of amides is 1. The molecule has 0 bridgehead atoms. The van der Waals surface area contributed by atoms with Gasteiger partial charge < -0.3 is 13.7 Å². The van der Waals surface area contributed by atoms with Crippen LogP contribution in [0.3, 0.4) is 0 Å². The monoisotopic (exact) mass is 405 g/mol. The molecule has 1 N–H and O–H groups in total. The van der Waals surface area contributed by atoms with Crippen molar-refractivity contribution in [2.75, 3.05) is 13.1 Å². The van der Waals surface area contributed by atoms with E-state index in [4.69, 9.17) is 8.83 Å². The van der Waals surface area contributed by atoms with E-state index >= 15 is 0 Å². The van der Waals surface area contributed by atoms with Gasteiger partial charge in [-0.3, -0.25) is 9.36 Å². The highest BCUT2D eigenvalue weighted by Crippen LogP contribution is 2.20. The zero-order valence-corrected chi connectivity index (χ0v) is 15.9. The van der Waals surface area contributed by atoms with Gasteiger partial charge in [0.25, 0.3) is 5.91 Å². The smallest absolute Gasteiger partial charge is 0.419 e. The third-order valence-corrected chi connectivity index (χ3v) is 6.35. The van der Waals surface area contributed by atoms with Crippen molar-refractivity contribution >= 4 is 27.0 Å². The van der Waals surface area contributed by atoms with Gasteiger partial charge in [-0.15, -0.1) is 0 Å². The molecule has 1 amide bonds. The van der Waals surface area contributed by atoms with Crippen LogP contribution in [0, 0.1) is 0 Å². The molecule has 4 rings (SSSR count). The number of likely N-dealkylation sites (tertiary alicyclic amines) is 1. The normalized spacial score (nSPS) is 17.9. The first kappa shape index (κ1) is 18.5. The summed E-state index contributed by atoms with van der Waals surface area (Å²) in [7, 11) is -2.32. The number of piperidine rings is 1. The van der Waals surface area contributed by atoms with Crippen LogP contribution in [0.4, 0.5) is 0 Å². The number of carbonyl (C=O) groups excluding carboxylic acids is 1. The van der Waals surface area contributed by atoms with Gasteiger partial charge in [0.05, 0.1) is 16.7 Å². The van der Waals surface area contributed by atoms with E-state index in [0.29, 0.717) is 30.5 Å². The number of furan rings is 1. The summed E-state index contributed by atoms with van der Waals surface area (Å²) in [5.41, 5.74) is 0.713. The van der Waals surface area contributed by atoms with Gasteiger partial charge in [-0.25, -0.2) is 17.9 Å². The third-order valence-electron chi connectivity index (χ3n) is 4.84. The highest BCUT2D eigenvalue weighted by Gasteiger charge is 2.29. The number of oxazole rings is 1. The largest absolute Gasteiger partial charge is 0.459 e. The minimum absolute atomic E-state index is 0.0332. The van der Waals surface area contributed by atoms with Crippen LogP contribution in [0.25, 0.3) is 11.1 Å². The summed E-state index contributed by atoms with van der Waals surface area (Å²) in [6.45, 7) is 0.798. The molecule has 10 heteroatoms. The number of rotatable bonds is 4. The Hall–Kier alpha value is -2.85. The van der Waals surface area contributed by atoms with Crippen molar-refractivity contribution in [3.8, 4) is 0 Å². The zero-order chi connectivity index (χ0) is 19.9. The Morgan fingerprint density at radius 3 is 2.86 bits per heavy atom. The van der Waals surface area contributed by atoms with Gasteiger partial charge in [0, 0.05) is 26.2 Å². The molecule has 1 aromatic carbocycles. The Morgan fingerprint density at radius 1 is 1.29 bits per heavy atom. The molecular weight excluding hydrogens is 386 g/mol.